The van der Waals surface area contributed by atoms with E-state index in [4.69, 9.17) is 9.59 Å². The van der Waals surface area contributed by atoms with Gasteiger partial charge in [-0.25, -0.2) is 0 Å². The summed E-state index contributed by atoms with van der Waals surface area (Å²) in [6.45, 7) is 0. The molecule has 0 spiro atoms. The zero-order chi connectivity index (χ0) is 4.99. The van der Waals surface area contributed by atoms with Crippen LogP contribution in [0.3, 0.4) is 0 Å². The molecule has 0 saturated heterocycles. The van der Waals surface area contributed by atoms with E-state index in [-0.39, 0.29) is 0 Å². The van der Waals surface area contributed by atoms with E-state index in [0.717, 1.165) is 6.29 Å². The van der Waals surface area contributed by atoms with Crippen LogP contribution < -0.4 is 0 Å². The van der Waals surface area contributed by atoms with Crippen LogP contribution in [0.15, 0.2) is 0 Å². The third-order valence-corrected chi connectivity index (χ3v) is 0.211. The summed E-state index contributed by atoms with van der Waals surface area (Å²) in [4.78, 5) is 18.1. The van der Waals surface area contributed by atoms with Crippen LogP contribution in [0.5, 0.6) is 0 Å². The van der Waals surface area contributed by atoms with Crippen molar-refractivity contribution in [3.05, 3.63) is 0 Å². The first-order valence-corrected chi connectivity index (χ1v) is 1.30. The SMILES string of the molecule is O=[C]CC(=O)F. The van der Waals surface area contributed by atoms with Crippen molar-refractivity contribution >= 4 is 12.3 Å². The predicted molar refractivity (Wildman–Crippen MR) is 16.4 cm³/mol. The Morgan fingerprint density at radius 3 is 2.33 bits per heavy atom. The zero-order valence-corrected chi connectivity index (χ0v) is 2.90. The molecule has 0 aliphatic carbocycles. The highest BCUT2D eigenvalue weighted by molar-refractivity contribution is 5.82. The molecule has 0 unspecified atom stereocenters. The summed E-state index contributed by atoms with van der Waals surface area (Å²) in [5, 5.41) is 0. The van der Waals surface area contributed by atoms with Crippen molar-refractivity contribution < 1.29 is 14.0 Å². The number of carbonyl (C=O) groups is 1. The minimum Gasteiger partial charge on any atom is -0.290 e. The summed E-state index contributed by atoms with van der Waals surface area (Å²) in [5.74, 6) is 0. The molecule has 0 aliphatic heterocycles. The fourth-order valence-electron chi connectivity index (χ4n) is 0.0567. The van der Waals surface area contributed by atoms with Gasteiger partial charge >= 0.3 is 6.04 Å². The first-order chi connectivity index (χ1) is 2.77. The quantitative estimate of drug-likeness (QED) is 0.352. The summed E-state index contributed by atoms with van der Waals surface area (Å²) < 4.78 is 10.8. The van der Waals surface area contributed by atoms with Crippen LogP contribution in [0.25, 0.3) is 0 Å². The minimum atomic E-state index is -1.63. The van der Waals surface area contributed by atoms with Crippen LogP contribution in [0.2, 0.25) is 0 Å². The highest BCUT2D eigenvalue weighted by atomic mass is 19.1. The van der Waals surface area contributed by atoms with Crippen molar-refractivity contribution in [2.75, 3.05) is 0 Å². The van der Waals surface area contributed by atoms with Gasteiger partial charge in [-0.2, -0.15) is 4.39 Å². The van der Waals surface area contributed by atoms with Crippen molar-refractivity contribution in [1.29, 1.82) is 0 Å². The summed E-state index contributed by atoms with van der Waals surface area (Å²) in [5.41, 5.74) is 0. The average molecular weight is 89.0 g/mol. The second-order valence-electron chi connectivity index (χ2n) is 0.676. The van der Waals surface area contributed by atoms with E-state index in [1.807, 2.05) is 0 Å². The number of hydrogen-bond acceptors (Lipinski definition) is 2. The molecular weight excluding hydrogens is 87.0 g/mol. The van der Waals surface area contributed by atoms with E-state index in [2.05, 4.69) is 0 Å². The Hall–Kier alpha value is -0.730. The standard InChI is InChI=1S/C3H2FO2/c4-3(6)1-2-5/h1H2. The predicted octanol–water partition coefficient (Wildman–Crippen LogP) is -0.0177. The fraction of sp³-hybridized carbons (Fsp3) is 0.333. The minimum absolute atomic E-state index is 0.736. The molecule has 0 aromatic rings. The Morgan fingerprint density at radius 2 is 2.33 bits per heavy atom. The fourth-order valence-corrected chi connectivity index (χ4v) is 0.0567. The van der Waals surface area contributed by atoms with Crippen LogP contribution in [-0.4, -0.2) is 12.3 Å². The van der Waals surface area contributed by atoms with E-state index in [0.29, 0.717) is 0 Å². The van der Waals surface area contributed by atoms with Crippen LogP contribution in [0.4, 0.5) is 4.39 Å². The largest absolute Gasteiger partial charge is 0.309 e. The summed E-state index contributed by atoms with van der Waals surface area (Å²) in [7, 11) is 0. The first kappa shape index (κ1) is 5.27. The van der Waals surface area contributed by atoms with E-state index >= 15 is 0 Å². The van der Waals surface area contributed by atoms with Gasteiger partial charge in [0.2, 0.25) is 6.29 Å². The Balaban J connectivity index is 3.05. The lowest BCUT2D eigenvalue weighted by molar-refractivity contribution is -0.127. The van der Waals surface area contributed by atoms with Crippen molar-refractivity contribution in [3.8, 4) is 0 Å². The lowest BCUT2D eigenvalue weighted by atomic mass is 10.5. The number of carbonyl (C=O) groups excluding carboxylic acids is 2. The maximum atomic E-state index is 10.8. The van der Waals surface area contributed by atoms with Gasteiger partial charge in [0.1, 0.15) is 6.42 Å². The van der Waals surface area contributed by atoms with Gasteiger partial charge in [-0.15, -0.1) is 0 Å². The summed E-state index contributed by atoms with van der Waals surface area (Å²) in [6.07, 6.45) is 0.356. The van der Waals surface area contributed by atoms with Crippen molar-refractivity contribution in [1.82, 2.24) is 0 Å². The second-order valence-corrected chi connectivity index (χ2v) is 0.676. The zero-order valence-electron chi connectivity index (χ0n) is 2.90. The lowest BCUT2D eigenvalue weighted by Gasteiger charge is -1.65. The molecule has 0 heterocycles. The Morgan fingerprint density at radius 1 is 1.83 bits per heavy atom. The molecule has 0 amide bonds. The van der Waals surface area contributed by atoms with Crippen molar-refractivity contribution in [2.45, 2.75) is 6.42 Å². The number of rotatable bonds is 2. The smallest absolute Gasteiger partial charge is 0.290 e. The first-order valence-electron chi connectivity index (χ1n) is 1.30. The van der Waals surface area contributed by atoms with E-state index in [1.165, 1.54) is 0 Å². The molecule has 0 atom stereocenters. The molecule has 0 aromatic heterocycles. The molecule has 0 saturated carbocycles. The van der Waals surface area contributed by atoms with E-state index in [9.17, 15) is 4.39 Å². The number of hydrogen-bond donors (Lipinski definition) is 0. The molecule has 1 radical (unpaired) electrons. The molecule has 3 heteroatoms. The summed E-state index contributed by atoms with van der Waals surface area (Å²) in [6, 6.07) is -1.63. The van der Waals surface area contributed by atoms with Crippen LogP contribution in [0, 0.1) is 0 Å². The Bertz CT molecular complexity index is 69.2. The molecule has 6 heavy (non-hydrogen) atoms. The van der Waals surface area contributed by atoms with Gasteiger partial charge < -0.3 is 0 Å². The molecule has 0 N–H and O–H groups in total. The highest BCUT2D eigenvalue weighted by Crippen LogP contribution is 1.74. The second kappa shape index (κ2) is 2.50. The van der Waals surface area contributed by atoms with Gasteiger partial charge in [0.05, 0.1) is 0 Å². The summed E-state index contributed by atoms with van der Waals surface area (Å²) >= 11 is 0. The average Bonchev–Trinajstić information content (AvgIpc) is 1.35. The highest BCUT2D eigenvalue weighted by Gasteiger charge is 1.91. The third kappa shape index (κ3) is 3.27. The van der Waals surface area contributed by atoms with E-state index in [1.54, 1.807) is 0 Å². The maximum absolute atomic E-state index is 10.8. The van der Waals surface area contributed by atoms with Gasteiger partial charge in [-0.3, -0.25) is 9.59 Å². The van der Waals surface area contributed by atoms with Crippen molar-refractivity contribution in [2.24, 2.45) is 0 Å². The maximum Gasteiger partial charge on any atom is 0.309 e. The van der Waals surface area contributed by atoms with E-state index < -0.39 is 12.5 Å². The Kier molecular flexibility index (Phi) is 2.20. The molecular formula is C3H2FO2. The van der Waals surface area contributed by atoms with Gasteiger partial charge in [-0.05, 0) is 0 Å². The topological polar surface area (TPSA) is 34.1 Å². The van der Waals surface area contributed by atoms with Crippen LogP contribution >= 0.6 is 0 Å². The monoisotopic (exact) mass is 89.0 g/mol. The van der Waals surface area contributed by atoms with Gasteiger partial charge in [0.25, 0.3) is 0 Å². The van der Waals surface area contributed by atoms with Crippen LogP contribution in [0.1, 0.15) is 6.42 Å². The van der Waals surface area contributed by atoms with Gasteiger partial charge in [0.15, 0.2) is 0 Å². The van der Waals surface area contributed by atoms with Crippen LogP contribution in [-0.2, 0) is 9.59 Å². The van der Waals surface area contributed by atoms with Gasteiger partial charge in [0, 0.05) is 0 Å². The molecule has 33 valence electrons. The normalized spacial score (nSPS) is 7.50. The molecule has 0 aromatic carbocycles. The third-order valence-electron chi connectivity index (χ3n) is 0.211. The Labute approximate surface area is 34.0 Å². The molecule has 0 bridgehead atoms. The molecule has 0 aliphatic rings. The molecule has 0 rings (SSSR count). The molecule has 0 fully saturated rings. The van der Waals surface area contributed by atoms with Crippen molar-refractivity contribution in [3.63, 3.8) is 0 Å². The number of halogens is 1. The van der Waals surface area contributed by atoms with Gasteiger partial charge in [-0.1, -0.05) is 0 Å². The lowest BCUT2D eigenvalue weighted by Crippen LogP contribution is -1.84. The molecule has 2 nitrogen and oxygen atoms in total.